The van der Waals surface area contributed by atoms with Gasteiger partial charge in [0.2, 0.25) is 5.91 Å². The molecule has 7 heteroatoms. The first-order valence-corrected chi connectivity index (χ1v) is 10.8. The van der Waals surface area contributed by atoms with Crippen molar-refractivity contribution in [3.63, 3.8) is 0 Å². The molecule has 32 heavy (non-hydrogen) atoms. The highest BCUT2D eigenvalue weighted by atomic mass is 35.5. The van der Waals surface area contributed by atoms with Crippen molar-refractivity contribution in [3.8, 4) is 11.1 Å². The molecule has 0 saturated heterocycles. The number of rotatable bonds is 6. The highest BCUT2D eigenvalue weighted by molar-refractivity contribution is 6.31. The van der Waals surface area contributed by atoms with Crippen LogP contribution in [0.25, 0.3) is 17.0 Å². The Kier molecular flexibility index (Phi) is 6.33. The Morgan fingerprint density at radius 1 is 1.19 bits per heavy atom. The SMILES string of the molecule is C/C=C(/F)c1cc(-c2ccc(CC(=O)Nc3cc(Cl)c(C4CC4)cn3)c(F)c2)cnc1C. The third-order valence-electron chi connectivity index (χ3n) is 5.50. The average molecular weight is 454 g/mol. The summed E-state index contributed by atoms with van der Waals surface area (Å²) in [5, 5.41) is 3.24. The van der Waals surface area contributed by atoms with Gasteiger partial charge in [-0.1, -0.05) is 29.8 Å². The summed E-state index contributed by atoms with van der Waals surface area (Å²) >= 11 is 6.28. The molecule has 1 amide bonds. The standard InChI is InChI=1S/C25H22ClF2N3O/c1-3-22(27)19-8-18(12-29-14(19)2)16-6-7-17(23(28)9-16)10-25(32)31-24-11-21(26)20(13-30-24)15-4-5-15/h3,6-9,11-13,15H,4-5,10H2,1-2H3,(H,30,31,32)/b22-3+. The van der Waals surface area contributed by atoms with Crippen LogP contribution in [0.1, 0.15) is 48.1 Å². The average Bonchev–Trinajstić information content (AvgIpc) is 3.60. The predicted octanol–water partition coefficient (Wildman–Crippen LogP) is 6.63. The smallest absolute Gasteiger partial charge is 0.230 e. The Balaban J connectivity index is 1.48. The molecule has 0 atom stereocenters. The fourth-order valence-electron chi connectivity index (χ4n) is 3.52. The minimum atomic E-state index is -0.527. The molecule has 1 aromatic carbocycles. The highest BCUT2D eigenvalue weighted by Gasteiger charge is 2.26. The van der Waals surface area contributed by atoms with Gasteiger partial charge in [-0.3, -0.25) is 9.78 Å². The number of hydrogen-bond donors (Lipinski definition) is 1. The van der Waals surface area contributed by atoms with Crippen LogP contribution in [0.4, 0.5) is 14.6 Å². The van der Waals surface area contributed by atoms with E-state index in [1.165, 1.54) is 12.1 Å². The second kappa shape index (κ2) is 9.17. The molecule has 1 N–H and O–H groups in total. The number of allylic oxidation sites excluding steroid dienone is 1. The van der Waals surface area contributed by atoms with Gasteiger partial charge in [-0.05, 0) is 67.5 Å². The summed E-state index contributed by atoms with van der Waals surface area (Å²) in [4.78, 5) is 20.9. The lowest BCUT2D eigenvalue weighted by Gasteiger charge is -2.10. The number of hydrogen-bond acceptors (Lipinski definition) is 3. The van der Waals surface area contributed by atoms with E-state index in [4.69, 9.17) is 11.6 Å². The normalized spacial score (nSPS) is 13.8. The molecule has 1 aliphatic carbocycles. The van der Waals surface area contributed by atoms with E-state index in [0.29, 0.717) is 39.1 Å². The minimum Gasteiger partial charge on any atom is -0.310 e. The second-order valence-electron chi connectivity index (χ2n) is 7.89. The van der Waals surface area contributed by atoms with Gasteiger partial charge in [0.05, 0.1) is 6.42 Å². The van der Waals surface area contributed by atoms with Gasteiger partial charge >= 0.3 is 0 Å². The summed E-state index contributed by atoms with van der Waals surface area (Å²) in [5.41, 5.74) is 3.30. The molecule has 0 radical (unpaired) electrons. The summed E-state index contributed by atoms with van der Waals surface area (Å²) in [6.45, 7) is 3.32. The number of benzene rings is 1. The van der Waals surface area contributed by atoms with Gasteiger partial charge in [-0.2, -0.15) is 0 Å². The highest BCUT2D eigenvalue weighted by Crippen LogP contribution is 2.43. The molecule has 4 rings (SSSR count). The number of pyridine rings is 2. The van der Waals surface area contributed by atoms with Gasteiger partial charge in [-0.25, -0.2) is 13.8 Å². The first-order chi connectivity index (χ1) is 15.4. The first kappa shape index (κ1) is 22.1. The molecule has 2 aromatic heterocycles. The Bertz CT molecular complexity index is 1220. The molecule has 3 aromatic rings. The fourth-order valence-corrected chi connectivity index (χ4v) is 3.83. The zero-order chi connectivity index (χ0) is 22.8. The quantitative estimate of drug-likeness (QED) is 0.455. The molecule has 1 fully saturated rings. The number of halogens is 3. The number of nitrogens with zero attached hydrogens (tertiary/aromatic N) is 2. The molecule has 1 saturated carbocycles. The van der Waals surface area contributed by atoms with Crippen LogP contribution in [0, 0.1) is 12.7 Å². The van der Waals surface area contributed by atoms with Crippen LogP contribution in [0.5, 0.6) is 0 Å². The molecular formula is C25H22ClF2N3O. The van der Waals surface area contributed by atoms with Crippen molar-refractivity contribution in [1.29, 1.82) is 0 Å². The summed E-state index contributed by atoms with van der Waals surface area (Å²) in [7, 11) is 0. The number of aryl methyl sites for hydroxylation is 1. The largest absolute Gasteiger partial charge is 0.310 e. The van der Waals surface area contributed by atoms with Crippen molar-refractivity contribution in [1.82, 2.24) is 9.97 Å². The number of aromatic nitrogens is 2. The summed E-state index contributed by atoms with van der Waals surface area (Å²) < 4.78 is 28.8. The maximum absolute atomic E-state index is 14.7. The van der Waals surface area contributed by atoms with Gasteiger partial charge in [0, 0.05) is 34.2 Å². The topological polar surface area (TPSA) is 54.9 Å². The van der Waals surface area contributed by atoms with Crippen molar-refractivity contribution in [2.24, 2.45) is 0 Å². The van der Waals surface area contributed by atoms with Crippen LogP contribution < -0.4 is 5.32 Å². The van der Waals surface area contributed by atoms with E-state index in [-0.39, 0.29) is 17.8 Å². The Hall–Kier alpha value is -3.12. The Morgan fingerprint density at radius 2 is 1.97 bits per heavy atom. The number of nitrogens with one attached hydrogen (secondary N) is 1. The van der Waals surface area contributed by atoms with Crippen LogP contribution in [0.2, 0.25) is 5.02 Å². The molecular weight excluding hydrogens is 432 g/mol. The van der Waals surface area contributed by atoms with Gasteiger partial charge in [0.1, 0.15) is 17.5 Å². The van der Waals surface area contributed by atoms with E-state index in [1.807, 2.05) is 0 Å². The lowest BCUT2D eigenvalue weighted by Crippen LogP contribution is -2.16. The Labute approximate surface area is 190 Å². The van der Waals surface area contributed by atoms with Gasteiger partial charge in [-0.15, -0.1) is 0 Å². The van der Waals surface area contributed by atoms with Gasteiger partial charge in [0.25, 0.3) is 0 Å². The van der Waals surface area contributed by atoms with E-state index in [0.717, 1.165) is 18.4 Å². The van der Waals surface area contributed by atoms with E-state index in [9.17, 15) is 13.6 Å². The molecule has 0 spiro atoms. The maximum atomic E-state index is 14.7. The summed E-state index contributed by atoms with van der Waals surface area (Å²) in [6, 6.07) is 7.82. The van der Waals surface area contributed by atoms with Crippen LogP contribution in [-0.4, -0.2) is 15.9 Å². The molecule has 0 unspecified atom stereocenters. The second-order valence-corrected chi connectivity index (χ2v) is 8.30. The summed E-state index contributed by atoms with van der Waals surface area (Å²) in [5.74, 6) is -0.507. The molecule has 0 aliphatic heterocycles. The van der Waals surface area contributed by atoms with Crippen molar-refractivity contribution >= 4 is 29.2 Å². The third-order valence-corrected chi connectivity index (χ3v) is 5.83. The number of carbonyl (C=O) groups is 1. The van der Waals surface area contributed by atoms with Crippen molar-refractivity contribution < 1.29 is 13.6 Å². The van der Waals surface area contributed by atoms with Crippen molar-refractivity contribution in [2.75, 3.05) is 5.32 Å². The van der Waals surface area contributed by atoms with Crippen molar-refractivity contribution in [2.45, 2.75) is 39.0 Å². The van der Waals surface area contributed by atoms with Gasteiger partial charge < -0.3 is 5.32 Å². The van der Waals surface area contributed by atoms with E-state index >= 15 is 0 Å². The van der Waals surface area contributed by atoms with Crippen LogP contribution in [-0.2, 0) is 11.2 Å². The Morgan fingerprint density at radius 3 is 2.62 bits per heavy atom. The third kappa shape index (κ3) is 4.86. The fraction of sp³-hybridized carbons (Fsp3) is 0.240. The van der Waals surface area contributed by atoms with Crippen LogP contribution >= 0.6 is 11.6 Å². The van der Waals surface area contributed by atoms with Gasteiger partial charge in [0.15, 0.2) is 0 Å². The zero-order valence-corrected chi connectivity index (χ0v) is 18.5. The lowest BCUT2D eigenvalue weighted by molar-refractivity contribution is -0.115. The first-order valence-electron chi connectivity index (χ1n) is 10.4. The molecule has 0 bridgehead atoms. The van der Waals surface area contributed by atoms with Crippen molar-refractivity contribution in [3.05, 3.63) is 82.0 Å². The summed E-state index contributed by atoms with van der Waals surface area (Å²) in [6.07, 6.45) is 6.67. The monoisotopic (exact) mass is 453 g/mol. The minimum absolute atomic E-state index is 0.152. The zero-order valence-electron chi connectivity index (χ0n) is 17.8. The lowest BCUT2D eigenvalue weighted by atomic mass is 10.0. The van der Waals surface area contributed by atoms with E-state index < -0.39 is 11.7 Å². The van der Waals surface area contributed by atoms with E-state index in [1.54, 1.807) is 50.5 Å². The number of anilines is 1. The molecule has 2 heterocycles. The maximum Gasteiger partial charge on any atom is 0.230 e. The number of carbonyl (C=O) groups excluding carboxylic acids is 1. The van der Waals surface area contributed by atoms with E-state index in [2.05, 4.69) is 15.3 Å². The number of amides is 1. The van der Waals surface area contributed by atoms with Crippen LogP contribution in [0.15, 0.2) is 48.8 Å². The molecule has 1 aliphatic rings. The van der Waals surface area contributed by atoms with Crippen LogP contribution in [0.3, 0.4) is 0 Å². The molecule has 4 nitrogen and oxygen atoms in total. The predicted molar refractivity (Wildman–Crippen MR) is 123 cm³/mol. The molecule has 164 valence electrons.